The summed E-state index contributed by atoms with van der Waals surface area (Å²) in [6.45, 7) is 0. The van der Waals surface area contributed by atoms with Crippen molar-refractivity contribution in [1.82, 2.24) is 5.32 Å². The molecule has 23 heavy (non-hydrogen) atoms. The van der Waals surface area contributed by atoms with Crippen LogP contribution in [0.5, 0.6) is 0 Å². The molecule has 12 heteroatoms. The lowest BCUT2D eigenvalue weighted by molar-refractivity contribution is -0.164. The predicted octanol–water partition coefficient (Wildman–Crippen LogP) is 3.84. The molecule has 0 rings (SSSR count). The third kappa shape index (κ3) is 9.97. The van der Waals surface area contributed by atoms with E-state index in [0.29, 0.717) is 0 Å². The van der Waals surface area contributed by atoms with Gasteiger partial charge in [0.25, 0.3) is 0 Å². The van der Waals surface area contributed by atoms with Crippen LogP contribution in [0.3, 0.4) is 0 Å². The summed E-state index contributed by atoms with van der Waals surface area (Å²) in [6.07, 6.45) is -8.24. The lowest BCUT2D eigenvalue weighted by atomic mass is 10.1. The van der Waals surface area contributed by atoms with E-state index in [1.807, 2.05) is 14.1 Å². The molecule has 0 bridgehead atoms. The highest BCUT2D eigenvalue weighted by atomic mass is 32.2. The maximum absolute atomic E-state index is 12.9. The molecule has 0 aromatic carbocycles. The molecule has 0 saturated heterocycles. The average Bonchev–Trinajstić information content (AvgIpc) is 2.31. The first-order valence-corrected chi connectivity index (χ1v) is 7.94. The van der Waals surface area contributed by atoms with Crippen LogP contribution in [0, 0.1) is 0 Å². The third-order valence-corrected chi connectivity index (χ3v) is 3.40. The van der Waals surface area contributed by atoms with Crippen LogP contribution in [0.15, 0.2) is 0 Å². The molecule has 0 aliphatic carbocycles. The van der Waals surface area contributed by atoms with Gasteiger partial charge in [0.15, 0.2) is 0 Å². The summed E-state index contributed by atoms with van der Waals surface area (Å²) in [7, 11) is -2.51. The summed E-state index contributed by atoms with van der Waals surface area (Å²) in [5, 5.41) is -2.87. The standard InChI is InChI=1S/C9H13F7O3S.C2H7N/c10-7(11,9(15,16)20(17,18)19)5-3-1-2-4-6-8(12,13)14;1-3-2/h1-6H2,(H,17,18,19);3H,1-2H3. The monoisotopic (exact) mass is 379 g/mol. The van der Waals surface area contributed by atoms with Crippen molar-refractivity contribution in [2.45, 2.75) is 55.9 Å². The fourth-order valence-corrected chi connectivity index (χ4v) is 1.84. The molecule has 0 amide bonds. The highest BCUT2D eigenvalue weighted by Crippen LogP contribution is 2.41. The molecule has 0 heterocycles. The van der Waals surface area contributed by atoms with E-state index < -0.39 is 46.7 Å². The molecule has 0 fully saturated rings. The Morgan fingerprint density at radius 3 is 1.48 bits per heavy atom. The fourth-order valence-electron chi connectivity index (χ4n) is 1.36. The predicted molar refractivity (Wildman–Crippen MR) is 70.2 cm³/mol. The summed E-state index contributed by atoms with van der Waals surface area (Å²) in [4.78, 5) is 0. The Hall–Kier alpha value is -0.620. The van der Waals surface area contributed by atoms with Gasteiger partial charge in [-0.15, -0.1) is 0 Å². The molecule has 2 N–H and O–H groups in total. The van der Waals surface area contributed by atoms with Gasteiger partial charge in [0.1, 0.15) is 0 Å². The minimum Gasteiger partial charge on any atom is -0.323 e. The maximum Gasteiger partial charge on any atom is 0.431 e. The van der Waals surface area contributed by atoms with Crippen molar-refractivity contribution < 1.29 is 43.7 Å². The van der Waals surface area contributed by atoms with Gasteiger partial charge < -0.3 is 5.32 Å². The highest BCUT2D eigenvalue weighted by molar-refractivity contribution is 7.87. The van der Waals surface area contributed by atoms with Gasteiger partial charge >= 0.3 is 27.5 Å². The number of unbranched alkanes of at least 4 members (excludes halogenated alkanes) is 3. The van der Waals surface area contributed by atoms with E-state index in [4.69, 9.17) is 4.55 Å². The number of nitrogens with one attached hydrogen (secondary N) is 1. The molecule has 0 spiro atoms. The van der Waals surface area contributed by atoms with Crippen LogP contribution < -0.4 is 5.32 Å². The van der Waals surface area contributed by atoms with Crippen molar-refractivity contribution in [2.24, 2.45) is 0 Å². The minimum atomic E-state index is -6.26. The van der Waals surface area contributed by atoms with Crippen molar-refractivity contribution in [3.05, 3.63) is 0 Å². The molecular formula is C11H20F7NO3S. The molecule has 0 aliphatic heterocycles. The van der Waals surface area contributed by atoms with Crippen LogP contribution in [0.25, 0.3) is 0 Å². The van der Waals surface area contributed by atoms with E-state index in [9.17, 15) is 39.2 Å². The minimum absolute atomic E-state index is 0.104. The average molecular weight is 379 g/mol. The second-order valence-corrected chi connectivity index (χ2v) is 6.19. The first kappa shape index (κ1) is 24.6. The highest BCUT2D eigenvalue weighted by Gasteiger charge is 2.64. The Morgan fingerprint density at radius 2 is 1.17 bits per heavy atom. The van der Waals surface area contributed by atoms with Crippen molar-refractivity contribution in [2.75, 3.05) is 14.1 Å². The molecule has 0 unspecified atom stereocenters. The van der Waals surface area contributed by atoms with Gasteiger partial charge in [-0.25, -0.2) is 0 Å². The van der Waals surface area contributed by atoms with Crippen LogP contribution in [0.2, 0.25) is 0 Å². The summed E-state index contributed by atoms with van der Waals surface area (Å²) in [6, 6.07) is 0. The normalized spacial score (nSPS) is 13.5. The zero-order valence-corrected chi connectivity index (χ0v) is 13.4. The zero-order valence-electron chi connectivity index (χ0n) is 12.6. The van der Waals surface area contributed by atoms with Crippen LogP contribution in [0.4, 0.5) is 30.7 Å². The van der Waals surface area contributed by atoms with Crippen LogP contribution in [-0.2, 0) is 10.1 Å². The topological polar surface area (TPSA) is 66.4 Å². The molecule has 0 saturated carbocycles. The Balaban J connectivity index is 0. The van der Waals surface area contributed by atoms with E-state index in [2.05, 4.69) is 5.32 Å². The molecule has 0 aromatic heterocycles. The van der Waals surface area contributed by atoms with E-state index >= 15 is 0 Å². The Labute approximate surface area is 130 Å². The van der Waals surface area contributed by atoms with Crippen LogP contribution >= 0.6 is 0 Å². The molecule has 0 radical (unpaired) electrons. The van der Waals surface area contributed by atoms with Gasteiger partial charge in [0, 0.05) is 12.8 Å². The Bertz CT molecular complexity index is 424. The molecule has 4 nitrogen and oxygen atoms in total. The van der Waals surface area contributed by atoms with Gasteiger partial charge in [0.05, 0.1) is 0 Å². The van der Waals surface area contributed by atoms with E-state index in [1.54, 1.807) is 0 Å². The zero-order chi connectivity index (χ0) is 18.9. The summed E-state index contributed by atoms with van der Waals surface area (Å²) in [5.74, 6) is -4.98. The van der Waals surface area contributed by atoms with Crippen LogP contribution in [0.1, 0.15) is 38.5 Å². The first-order chi connectivity index (χ1) is 10.1. The first-order valence-electron chi connectivity index (χ1n) is 6.50. The second-order valence-electron chi connectivity index (χ2n) is 4.73. The van der Waals surface area contributed by atoms with E-state index in [0.717, 1.165) is 0 Å². The van der Waals surface area contributed by atoms with E-state index in [-0.39, 0.29) is 19.3 Å². The summed E-state index contributed by atoms with van der Waals surface area (Å²) < 4.78 is 115. The molecule has 0 aliphatic rings. The van der Waals surface area contributed by atoms with Crippen molar-refractivity contribution in [3.63, 3.8) is 0 Å². The van der Waals surface area contributed by atoms with Gasteiger partial charge in [0.2, 0.25) is 0 Å². The summed E-state index contributed by atoms with van der Waals surface area (Å²) in [5.41, 5.74) is 0. The van der Waals surface area contributed by atoms with Crippen molar-refractivity contribution in [1.29, 1.82) is 0 Å². The quantitative estimate of drug-likeness (QED) is 0.382. The van der Waals surface area contributed by atoms with Gasteiger partial charge in [-0.1, -0.05) is 12.8 Å². The number of halogens is 7. The molecular weight excluding hydrogens is 359 g/mol. The number of hydrogen-bond donors (Lipinski definition) is 2. The maximum atomic E-state index is 12.9. The fraction of sp³-hybridized carbons (Fsp3) is 1.00. The number of rotatable bonds is 8. The Kier molecular flexibility index (Phi) is 10.3. The second kappa shape index (κ2) is 9.62. The number of hydrogen-bond acceptors (Lipinski definition) is 3. The smallest absolute Gasteiger partial charge is 0.323 e. The third-order valence-electron chi connectivity index (χ3n) is 2.45. The van der Waals surface area contributed by atoms with Gasteiger partial charge in [-0.3, -0.25) is 4.55 Å². The molecule has 142 valence electrons. The summed E-state index contributed by atoms with van der Waals surface area (Å²) >= 11 is 0. The molecule has 0 aromatic rings. The van der Waals surface area contributed by atoms with Crippen molar-refractivity contribution in [3.8, 4) is 0 Å². The number of alkyl halides is 7. The molecule has 0 atom stereocenters. The lowest BCUT2D eigenvalue weighted by Gasteiger charge is -2.23. The van der Waals surface area contributed by atoms with Crippen LogP contribution in [-0.4, -0.2) is 44.4 Å². The van der Waals surface area contributed by atoms with E-state index in [1.165, 1.54) is 0 Å². The Morgan fingerprint density at radius 1 is 0.826 bits per heavy atom. The van der Waals surface area contributed by atoms with Crippen molar-refractivity contribution >= 4 is 10.1 Å². The lowest BCUT2D eigenvalue weighted by Crippen LogP contribution is -2.46. The SMILES string of the molecule is CNC.O=S(=O)(O)C(F)(F)C(F)(F)CCCCCCC(F)(F)F. The van der Waals surface area contributed by atoms with Gasteiger partial charge in [-0.05, 0) is 26.9 Å². The van der Waals surface area contributed by atoms with Gasteiger partial charge in [-0.2, -0.15) is 39.2 Å². The largest absolute Gasteiger partial charge is 0.431 e.